The fourth-order valence-electron chi connectivity index (χ4n) is 2.29. The van der Waals surface area contributed by atoms with Crippen molar-refractivity contribution < 1.29 is 23.9 Å². The average molecular weight is 426 g/mol. The van der Waals surface area contributed by atoms with E-state index >= 15 is 0 Å². The van der Waals surface area contributed by atoms with Crippen LogP contribution in [-0.2, 0) is 14.4 Å². The predicted octanol–water partition coefficient (Wildman–Crippen LogP) is 1.93. The highest BCUT2D eigenvalue weighted by atomic mass is 16.5. The molecule has 0 spiro atoms. The van der Waals surface area contributed by atoms with Crippen LogP contribution in [0, 0.1) is 5.92 Å². The Kier molecular flexibility index (Phi) is 9.03. The normalized spacial score (nSPS) is 10.6. The number of benzene rings is 2. The number of carbonyl (C=O) groups is 3. The van der Waals surface area contributed by atoms with Crippen LogP contribution in [0.1, 0.15) is 19.4 Å². The molecule has 0 saturated carbocycles. The van der Waals surface area contributed by atoms with Gasteiger partial charge < -0.3 is 20.1 Å². The zero-order chi connectivity index (χ0) is 22.6. The molecule has 0 aliphatic carbocycles. The second-order valence-corrected chi connectivity index (χ2v) is 6.94. The number of ether oxygens (including phenoxy) is 2. The van der Waals surface area contributed by atoms with Crippen molar-refractivity contribution in [3.05, 3.63) is 54.1 Å². The molecule has 0 heterocycles. The van der Waals surface area contributed by atoms with E-state index in [9.17, 15) is 14.4 Å². The summed E-state index contributed by atoms with van der Waals surface area (Å²) >= 11 is 0. The van der Waals surface area contributed by atoms with E-state index in [1.165, 1.54) is 6.21 Å². The third-order valence-electron chi connectivity index (χ3n) is 3.86. The number of methoxy groups -OCH3 is 1. The highest BCUT2D eigenvalue weighted by molar-refractivity contribution is 6.35. The van der Waals surface area contributed by atoms with Gasteiger partial charge in [-0.1, -0.05) is 19.9 Å². The first kappa shape index (κ1) is 23.4. The molecule has 9 nitrogen and oxygen atoms in total. The largest absolute Gasteiger partial charge is 0.497 e. The summed E-state index contributed by atoms with van der Waals surface area (Å²) in [6.07, 6.45) is 1.40. The van der Waals surface area contributed by atoms with Crippen LogP contribution in [0.4, 0.5) is 5.69 Å². The number of nitrogens with one attached hydrogen (secondary N) is 3. The standard InChI is InChI=1S/C22H26N4O5/c1-15(2)12-23-21(28)22(29)26-24-13-16-7-9-18(10-8-16)31-14-20(27)25-17-5-4-6-19(11-17)30-3/h4-11,13,15H,12,14H2,1-3H3,(H,23,28)(H,25,27)(H,26,29)/b24-13-. The van der Waals surface area contributed by atoms with E-state index in [2.05, 4.69) is 21.2 Å². The quantitative estimate of drug-likeness (QED) is 0.322. The highest BCUT2D eigenvalue weighted by Gasteiger charge is 2.12. The van der Waals surface area contributed by atoms with Gasteiger partial charge in [-0.15, -0.1) is 0 Å². The summed E-state index contributed by atoms with van der Waals surface area (Å²) in [6.45, 7) is 4.11. The maximum atomic E-state index is 12.0. The molecule has 3 amide bonds. The van der Waals surface area contributed by atoms with Crippen LogP contribution in [-0.4, -0.2) is 44.2 Å². The Hall–Kier alpha value is -3.88. The second kappa shape index (κ2) is 12.0. The smallest absolute Gasteiger partial charge is 0.329 e. The van der Waals surface area contributed by atoms with Crippen LogP contribution in [0.3, 0.4) is 0 Å². The van der Waals surface area contributed by atoms with Crippen molar-refractivity contribution in [3.63, 3.8) is 0 Å². The predicted molar refractivity (Wildman–Crippen MR) is 117 cm³/mol. The Morgan fingerprint density at radius 1 is 1.03 bits per heavy atom. The first-order chi connectivity index (χ1) is 14.9. The number of rotatable bonds is 9. The van der Waals surface area contributed by atoms with Crippen LogP contribution in [0.15, 0.2) is 53.6 Å². The Bertz CT molecular complexity index is 926. The lowest BCUT2D eigenvalue weighted by atomic mass is 10.2. The van der Waals surface area contributed by atoms with E-state index in [1.54, 1.807) is 55.6 Å². The number of carbonyl (C=O) groups excluding carboxylic acids is 3. The Balaban J connectivity index is 1.77. The van der Waals surface area contributed by atoms with Gasteiger partial charge in [0.05, 0.1) is 13.3 Å². The third kappa shape index (κ3) is 8.57. The van der Waals surface area contributed by atoms with Crippen LogP contribution < -0.4 is 25.5 Å². The first-order valence-corrected chi connectivity index (χ1v) is 9.65. The molecule has 0 atom stereocenters. The van der Waals surface area contributed by atoms with Crippen LogP contribution in [0.5, 0.6) is 11.5 Å². The molecule has 9 heteroatoms. The second-order valence-electron chi connectivity index (χ2n) is 6.94. The van der Waals surface area contributed by atoms with Crippen molar-refractivity contribution >= 4 is 29.6 Å². The molecule has 0 aliphatic rings. The van der Waals surface area contributed by atoms with Gasteiger partial charge in [0.15, 0.2) is 6.61 Å². The molecule has 0 bridgehead atoms. The van der Waals surface area contributed by atoms with E-state index in [0.29, 0.717) is 29.3 Å². The topological polar surface area (TPSA) is 118 Å². The van der Waals surface area contributed by atoms with Gasteiger partial charge in [-0.3, -0.25) is 14.4 Å². The number of anilines is 1. The van der Waals surface area contributed by atoms with E-state index in [4.69, 9.17) is 9.47 Å². The monoisotopic (exact) mass is 426 g/mol. The molecule has 0 unspecified atom stereocenters. The number of hydrogen-bond acceptors (Lipinski definition) is 6. The molecule has 0 aliphatic heterocycles. The van der Waals surface area contributed by atoms with E-state index in [-0.39, 0.29) is 18.4 Å². The molecular weight excluding hydrogens is 400 g/mol. The van der Waals surface area contributed by atoms with Crippen molar-refractivity contribution in [2.45, 2.75) is 13.8 Å². The maximum Gasteiger partial charge on any atom is 0.329 e. The summed E-state index contributed by atoms with van der Waals surface area (Å²) < 4.78 is 10.6. The molecule has 2 rings (SSSR count). The number of hydrazone groups is 1. The molecule has 0 fully saturated rings. The Morgan fingerprint density at radius 3 is 2.45 bits per heavy atom. The minimum absolute atomic E-state index is 0.161. The van der Waals surface area contributed by atoms with E-state index < -0.39 is 11.8 Å². The summed E-state index contributed by atoms with van der Waals surface area (Å²) in [7, 11) is 1.55. The molecule has 31 heavy (non-hydrogen) atoms. The number of nitrogens with zero attached hydrogens (tertiary/aromatic N) is 1. The minimum Gasteiger partial charge on any atom is -0.497 e. The molecular formula is C22H26N4O5. The number of hydrogen-bond donors (Lipinski definition) is 3. The molecule has 2 aromatic rings. The zero-order valence-electron chi connectivity index (χ0n) is 17.7. The summed E-state index contributed by atoms with van der Waals surface area (Å²) in [5.41, 5.74) is 3.45. The fraction of sp³-hybridized carbons (Fsp3) is 0.273. The highest BCUT2D eigenvalue weighted by Crippen LogP contribution is 2.17. The molecule has 3 N–H and O–H groups in total. The molecule has 164 valence electrons. The summed E-state index contributed by atoms with van der Waals surface area (Å²) in [5, 5.41) is 8.98. The van der Waals surface area contributed by atoms with Crippen LogP contribution >= 0.6 is 0 Å². The van der Waals surface area contributed by atoms with Crippen molar-refractivity contribution in [2.75, 3.05) is 25.6 Å². The molecule has 2 aromatic carbocycles. The molecule has 0 saturated heterocycles. The van der Waals surface area contributed by atoms with Gasteiger partial charge in [-0.25, -0.2) is 5.43 Å². The lowest BCUT2D eigenvalue weighted by Crippen LogP contribution is -2.39. The van der Waals surface area contributed by atoms with Crippen molar-refractivity contribution in [2.24, 2.45) is 11.0 Å². The van der Waals surface area contributed by atoms with Gasteiger partial charge in [0.2, 0.25) is 0 Å². The Labute approximate surface area is 180 Å². The summed E-state index contributed by atoms with van der Waals surface area (Å²) in [6, 6.07) is 13.7. The summed E-state index contributed by atoms with van der Waals surface area (Å²) in [5.74, 6) is -0.495. The minimum atomic E-state index is -0.834. The number of amides is 3. The van der Waals surface area contributed by atoms with E-state index in [0.717, 1.165) is 0 Å². The first-order valence-electron chi connectivity index (χ1n) is 9.65. The van der Waals surface area contributed by atoms with Gasteiger partial charge in [0.1, 0.15) is 11.5 Å². The van der Waals surface area contributed by atoms with Crippen molar-refractivity contribution in [1.82, 2.24) is 10.7 Å². The van der Waals surface area contributed by atoms with Crippen LogP contribution in [0.2, 0.25) is 0 Å². The van der Waals surface area contributed by atoms with Gasteiger partial charge in [0.25, 0.3) is 5.91 Å². The molecule has 0 aromatic heterocycles. The SMILES string of the molecule is COc1cccc(NC(=O)COc2ccc(/C=N\NC(=O)C(=O)NCC(C)C)cc2)c1. The summed E-state index contributed by atoms with van der Waals surface area (Å²) in [4.78, 5) is 35.2. The van der Waals surface area contributed by atoms with Crippen LogP contribution in [0.25, 0.3) is 0 Å². The van der Waals surface area contributed by atoms with E-state index in [1.807, 2.05) is 13.8 Å². The fourth-order valence-corrected chi connectivity index (χ4v) is 2.29. The Morgan fingerprint density at radius 2 is 1.77 bits per heavy atom. The van der Waals surface area contributed by atoms with Gasteiger partial charge in [0, 0.05) is 18.3 Å². The van der Waals surface area contributed by atoms with Crippen molar-refractivity contribution in [3.8, 4) is 11.5 Å². The lowest BCUT2D eigenvalue weighted by Gasteiger charge is -2.08. The zero-order valence-corrected chi connectivity index (χ0v) is 17.7. The van der Waals surface area contributed by atoms with Gasteiger partial charge in [-0.05, 0) is 47.9 Å². The van der Waals surface area contributed by atoms with Crippen molar-refractivity contribution in [1.29, 1.82) is 0 Å². The van der Waals surface area contributed by atoms with Gasteiger partial charge >= 0.3 is 11.8 Å². The van der Waals surface area contributed by atoms with Gasteiger partial charge in [-0.2, -0.15) is 5.10 Å². The average Bonchev–Trinajstić information content (AvgIpc) is 2.76. The molecule has 0 radical (unpaired) electrons. The third-order valence-corrected chi connectivity index (χ3v) is 3.86. The maximum absolute atomic E-state index is 12.0. The lowest BCUT2D eigenvalue weighted by molar-refractivity contribution is -0.139.